The van der Waals surface area contributed by atoms with Gasteiger partial charge < -0.3 is 20.6 Å². The van der Waals surface area contributed by atoms with Crippen LogP contribution in [-0.4, -0.2) is 48.7 Å². The van der Waals surface area contributed by atoms with E-state index in [9.17, 15) is 4.79 Å². The molecule has 0 spiro atoms. The maximum absolute atomic E-state index is 12.4. The number of aryl methyl sites for hydroxylation is 1. The van der Waals surface area contributed by atoms with Gasteiger partial charge in [0, 0.05) is 26.6 Å². The van der Waals surface area contributed by atoms with Gasteiger partial charge in [0.25, 0.3) is 0 Å². The fourth-order valence-electron chi connectivity index (χ4n) is 1.95. The van der Waals surface area contributed by atoms with E-state index in [2.05, 4.69) is 5.16 Å². The first-order valence-electron chi connectivity index (χ1n) is 6.86. The molecule has 1 rings (SSSR count). The average molecular weight is 293 g/mol. The summed E-state index contributed by atoms with van der Waals surface area (Å²) in [4.78, 5) is 14.1. The number of hydrogen-bond acceptors (Lipinski definition) is 4. The van der Waals surface area contributed by atoms with Crippen molar-refractivity contribution in [1.82, 2.24) is 4.90 Å². The van der Waals surface area contributed by atoms with Crippen LogP contribution in [0.4, 0.5) is 0 Å². The summed E-state index contributed by atoms with van der Waals surface area (Å²) >= 11 is 0. The number of benzene rings is 1. The quantitative estimate of drug-likeness (QED) is 0.326. The van der Waals surface area contributed by atoms with Crippen LogP contribution in [0.2, 0.25) is 0 Å². The van der Waals surface area contributed by atoms with Crippen LogP contribution in [0.25, 0.3) is 0 Å². The minimum absolute atomic E-state index is 0.00656. The van der Waals surface area contributed by atoms with Crippen molar-refractivity contribution in [2.24, 2.45) is 10.9 Å². The van der Waals surface area contributed by atoms with Gasteiger partial charge in [-0.1, -0.05) is 29.4 Å². The number of rotatable bonds is 8. The van der Waals surface area contributed by atoms with Crippen LogP contribution in [0, 0.1) is 6.92 Å². The molecule has 0 saturated carbocycles. The van der Waals surface area contributed by atoms with Crippen LogP contribution in [-0.2, 0) is 16.0 Å². The number of carbonyl (C=O) groups excluding carboxylic acids is 1. The van der Waals surface area contributed by atoms with Crippen molar-refractivity contribution in [2.75, 3.05) is 26.8 Å². The van der Waals surface area contributed by atoms with E-state index in [-0.39, 0.29) is 11.7 Å². The molecule has 116 valence electrons. The van der Waals surface area contributed by atoms with Crippen molar-refractivity contribution in [3.05, 3.63) is 35.4 Å². The highest BCUT2D eigenvalue weighted by Crippen LogP contribution is 2.09. The molecule has 0 unspecified atom stereocenters. The summed E-state index contributed by atoms with van der Waals surface area (Å²) in [5.41, 5.74) is 7.56. The van der Waals surface area contributed by atoms with E-state index in [0.29, 0.717) is 32.5 Å². The van der Waals surface area contributed by atoms with E-state index in [1.54, 1.807) is 12.0 Å². The van der Waals surface area contributed by atoms with Crippen molar-refractivity contribution in [3.63, 3.8) is 0 Å². The number of ether oxygens (including phenoxy) is 1. The van der Waals surface area contributed by atoms with Crippen molar-refractivity contribution >= 4 is 11.7 Å². The molecule has 0 saturated heterocycles. The Kier molecular flexibility index (Phi) is 7.25. The first-order valence-corrected chi connectivity index (χ1v) is 6.86. The number of amidine groups is 1. The van der Waals surface area contributed by atoms with Gasteiger partial charge in [0.1, 0.15) is 5.84 Å². The second-order valence-electron chi connectivity index (χ2n) is 4.82. The van der Waals surface area contributed by atoms with Gasteiger partial charge in [0.15, 0.2) is 0 Å². The minimum atomic E-state index is 0.00656. The van der Waals surface area contributed by atoms with Gasteiger partial charge in [-0.25, -0.2) is 0 Å². The van der Waals surface area contributed by atoms with Gasteiger partial charge in [-0.15, -0.1) is 0 Å². The maximum Gasteiger partial charge on any atom is 0.227 e. The largest absolute Gasteiger partial charge is 0.409 e. The Morgan fingerprint density at radius 1 is 1.38 bits per heavy atom. The number of nitrogens with two attached hydrogens (primary N) is 1. The Labute approximate surface area is 125 Å². The Balaban J connectivity index is 2.68. The Morgan fingerprint density at radius 2 is 2.10 bits per heavy atom. The molecule has 0 aliphatic rings. The van der Waals surface area contributed by atoms with Gasteiger partial charge in [0.2, 0.25) is 5.91 Å². The van der Waals surface area contributed by atoms with Gasteiger partial charge >= 0.3 is 0 Å². The third kappa shape index (κ3) is 5.83. The fraction of sp³-hybridized carbons (Fsp3) is 0.467. The highest BCUT2D eigenvalue weighted by atomic mass is 16.5. The standard InChI is InChI=1S/C15H23N3O3/c1-12-5-3-4-6-13(12)11-15(19)18(9-10-21-2)8-7-14(16)17-20/h3-6,20H,7-11H2,1-2H3,(H2,16,17). The lowest BCUT2D eigenvalue weighted by Crippen LogP contribution is -2.37. The molecule has 0 aromatic heterocycles. The monoisotopic (exact) mass is 293 g/mol. The summed E-state index contributed by atoms with van der Waals surface area (Å²) in [7, 11) is 1.59. The molecule has 6 heteroatoms. The van der Waals surface area contributed by atoms with Crippen LogP contribution < -0.4 is 5.73 Å². The molecule has 1 aromatic carbocycles. The molecule has 1 aromatic rings. The predicted molar refractivity (Wildman–Crippen MR) is 81.4 cm³/mol. The summed E-state index contributed by atoms with van der Waals surface area (Å²) < 4.78 is 5.02. The normalized spacial score (nSPS) is 11.4. The topological polar surface area (TPSA) is 88.2 Å². The third-order valence-electron chi connectivity index (χ3n) is 3.29. The first kappa shape index (κ1) is 17.0. The fourth-order valence-corrected chi connectivity index (χ4v) is 1.95. The first-order chi connectivity index (χ1) is 10.1. The number of nitrogens with zero attached hydrogens (tertiary/aromatic N) is 2. The summed E-state index contributed by atoms with van der Waals surface area (Å²) in [5.74, 6) is 0.119. The van der Waals surface area contributed by atoms with Crippen LogP contribution in [0.3, 0.4) is 0 Å². The summed E-state index contributed by atoms with van der Waals surface area (Å²) in [6.07, 6.45) is 0.673. The van der Waals surface area contributed by atoms with Crippen LogP contribution in [0.1, 0.15) is 17.5 Å². The van der Waals surface area contributed by atoms with Gasteiger partial charge in [-0.05, 0) is 18.1 Å². The summed E-state index contributed by atoms with van der Waals surface area (Å²) in [6, 6.07) is 7.81. The van der Waals surface area contributed by atoms with E-state index in [1.807, 2.05) is 31.2 Å². The van der Waals surface area contributed by atoms with E-state index in [4.69, 9.17) is 15.7 Å². The number of oxime groups is 1. The molecule has 0 heterocycles. The SMILES string of the molecule is COCCN(CCC(N)=NO)C(=O)Cc1ccccc1C. The number of carbonyl (C=O) groups is 1. The lowest BCUT2D eigenvalue weighted by molar-refractivity contribution is -0.131. The van der Waals surface area contributed by atoms with Gasteiger partial charge in [-0.2, -0.15) is 0 Å². The second kappa shape index (κ2) is 8.97. The van der Waals surface area contributed by atoms with Gasteiger partial charge in [0.05, 0.1) is 13.0 Å². The average Bonchev–Trinajstić information content (AvgIpc) is 2.49. The predicted octanol–water partition coefficient (Wildman–Crippen LogP) is 1.15. The molecule has 21 heavy (non-hydrogen) atoms. The third-order valence-corrected chi connectivity index (χ3v) is 3.29. The molecular formula is C15H23N3O3. The Morgan fingerprint density at radius 3 is 2.71 bits per heavy atom. The summed E-state index contributed by atoms with van der Waals surface area (Å²) in [6.45, 7) is 3.33. The van der Waals surface area contributed by atoms with Crippen molar-refractivity contribution in [2.45, 2.75) is 19.8 Å². The van der Waals surface area contributed by atoms with Crippen molar-refractivity contribution < 1.29 is 14.7 Å². The molecule has 0 aliphatic heterocycles. The van der Waals surface area contributed by atoms with Crippen LogP contribution in [0.15, 0.2) is 29.4 Å². The minimum Gasteiger partial charge on any atom is -0.409 e. The van der Waals surface area contributed by atoms with E-state index in [1.165, 1.54) is 0 Å². The van der Waals surface area contributed by atoms with E-state index in [0.717, 1.165) is 11.1 Å². The Hall–Kier alpha value is -2.08. The zero-order valence-electron chi connectivity index (χ0n) is 12.6. The molecule has 0 radical (unpaired) electrons. The van der Waals surface area contributed by atoms with E-state index < -0.39 is 0 Å². The molecule has 0 aliphatic carbocycles. The lowest BCUT2D eigenvalue weighted by Gasteiger charge is -2.22. The van der Waals surface area contributed by atoms with Crippen molar-refractivity contribution in [1.29, 1.82) is 0 Å². The summed E-state index contributed by atoms with van der Waals surface area (Å²) in [5, 5.41) is 11.5. The molecule has 0 bridgehead atoms. The molecular weight excluding hydrogens is 270 g/mol. The number of amides is 1. The highest BCUT2D eigenvalue weighted by molar-refractivity contribution is 5.82. The molecule has 6 nitrogen and oxygen atoms in total. The maximum atomic E-state index is 12.4. The highest BCUT2D eigenvalue weighted by Gasteiger charge is 2.15. The van der Waals surface area contributed by atoms with E-state index >= 15 is 0 Å². The van der Waals surface area contributed by atoms with Crippen LogP contribution in [0.5, 0.6) is 0 Å². The smallest absolute Gasteiger partial charge is 0.227 e. The van der Waals surface area contributed by atoms with Crippen molar-refractivity contribution in [3.8, 4) is 0 Å². The molecule has 0 atom stereocenters. The lowest BCUT2D eigenvalue weighted by atomic mass is 10.1. The molecule has 3 N–H and O–H groups in total. The second-order valence-corrected chi connectivity index (χ2v) is 4.82. The zero-order valence-corrected chi connectivity index (χ0v) is 12.6. The number of hydrogen-bond donors (Lipinski definition) is 2. The molecule has 1 amide bonds. The molecule has 0 fully saturated rings. The van der Waals surface area contributed by atoms with Gasteiger partial charge in [-0.3, -0.25) is 4.79 Å². The Bertz CT molecular complexity index is 489. The zero-order chi connectivity index (χ0) is 15.7. The van der Waals surface area contributed by atoms with Crippen LogP contribution >= 0.6 is 0 Å². The number of methoxy groups -OCH3 is 1.